The molecule has 0 amide bonds. The van der Waals surface area contributed by atoms with Crippen molar-refractivity contribution in [2.24, 2.45) is 7.05 Å². The summed E-state index contributed by atoms with van der Waals surface area (Å²) in [6.07, 6.45) is -0.684. The molecule has 3 aromatic heterocycles. The second kappa shape index (κ2) is 9.08. The summed E-state index contributed by atoms with van der Waals surface area (Å²) in [5.41, 5.74) is 5.83. The lowest BCUT2D eigenvalue weighted by Gasteiger charge is -2.15. The highest BCUT2D eigenvalue weighted by Gasteiger charge is 2.34. The highest BCUT2D eigenvalue weighted by molar-refractivity contribution is 5.84. The quantitative estimate of drug-likeness (QED) is 0.265. The van der Waals surface area contributed by atoms with Crippen LogP contribution in [0.3, 0.4) is 0 Å². The van der Waals surface area contributed by atoms with Crippen molar-refractivity contribution in [3.63, 3.8) is 0 Å². The van der Waals surface area contributed by atoms with Gasteiger partial charge in [0.2, 0.25) is 0 Å². The standard InChI is InChI=1S/C29H27F3N6/c1-17(2)20-7-4-5-8-21(20)26-33-22-9-6-10-23-25(22)28(35-26)38(36-23)15-18-11-13-19(14-12-18)27-34-24(16-37(27)3)29(30,31)32/h4-5,7-8,11-14,16-17H,6,9-10,15H2,1-3H3. The lowest BCUT2D eigenvalue weighted by Crippen LogP contribution is -2.06. The van der Waals surface area contributed by atoms with Gasteiger partial charge in [0.1, 0.15) is 5.82 Å². The van der Waals surface area contributed by atoms with Gasteiger partial charge in [-0.1, -0.05) is 62.4 Å². The second-order valence-corrected chi connectivity index (χ2v) is 10.1. The Hall–Kier alpha value is -4.01. The molecule has 0 spiro atoms. The van der Waals surface area contributed by atoms with E-state index < -0.39 is 11.9 Å². The molecule has 0 atom stereocenters. The molecule has 6 nitrogen and oxygen atoms in total. The van der Waals surface area contributed by atoms with Gasteiger partial charge in [0.05, 0.1) is 23.3 Å². The van der Waals surface area contributed by atoms with E-state index >= 15 is 0 Å². The van der Waals surface area contributed by atoms with Gasteiger partial charge in [-0.2, -0.15) is 18.3 Å². The van der Waals surface area contributed by atoms with Gasteiger partial charge in [0.25, 0.3) is 0 Å². The minimum absolute atomic E-state index is 0.271. The fourth-order valence-electron chi connectivity index (χ4n) is 5.24. The van der Waals surface area contributed by atoms with Crippen LogP contribution >= 0.6 is 0 Å². The summed E-state index contributed by atoms with van der Waals surface area (Å²) in [5.74, 6) is 1.33. The molecule has 0 saturated heterocycles. The van der Waals surface area contributed by atoms with Gasteiger partial charge < -0.3 is 4.57 Å². The minimum Gasteiger partial charge on any atom is -0.333 e. The second-order valence-electron chi connectivity index (χ2n) is 10.1. The molecule has 0 bridgehead atoms. The van der Waals surface area contributed by atoms with Crippen molar-refractivity contribution in [1.29, 1.82) is 0 Å². The summed E-state index contributed by atoms with van der Waals surface area (Å²) >= 11 is 0. The Morgan fingerprint density at radius 3 is 2.37 bits per heavy atom. The van der Waals surface area contributed by atoms with E-state index in [1.165, 1.54) is 10.1 Å². The van der Waals surface area contributed by atoms with Gasteiger partial charge in [-0.05, 0) is 36.3 Å². The van der Waals surface area contributed by atoms with Crippen LogP contribution in [0.2, 0.25) is 0 Å². The summed E-state index contributed by atoms with van der Waals surface area (Å²) in [7, 11) is 1.57. The Balaban J connectivity index is 1.37. The Bertz CT molecular complexity index is 1640. The smallest absolute Gasteiger partial charge is 0.333 e. The summed E-state index contributed by atoms with van der Waals surface area (Å²) in [6.45, 7) is 4.83. The third kappa shape index (κ3) is 4.25. The van der Waals surface area contributed by atoms with Crippen LogP contribution in [-0.4, -0.2) is 29.3 Å². The van der Waals surface area contributed by atoms with Crippen LogP contribution in [0.15, 0.2) is 54.7 Å². The number of benzene rings is 2. The highest BCUT2D eigenvalue weighted by atomic mass is 19.4. The zero-order chi connectivity index (χ0) is 26.6. The van der Waals surface area contributed by atoms with Crippen LogP contribution in [-0.2, 0) is 32.6 Å². The Kier molecular flexibility index (Phi) is 5.81. The van der Waals surface area contributed by atoms with E-state index in [1.807, 2.05) is 28.9 Å². The van der Waals surface area contributed by atoms with Crippen LogP contribution in [0.25, 0.3) is 33.8 Å². The predicted octanol–water partition coefficient (Wildman–Crippen LogP) is 6.57. The van der Waals surface area contributed by atoms with Crippen molar-refractivity contribution >= 4 is 11.0 Å². The number of hydrogen-bond donors (Lipinski definition) is 0. The van der Waals surface area contributed by atoms with Crippen LogP contribution in [0.1, 0.15) is 54.4 Å². The van der Waals surface area contributed by atoms with Gasteiger partial charge in [-0.25, -0.2) is 19.6 Å². The van der Waals surface area contributed by atoms with Crippen LogP contribution < -0.4 is 0 Å². The zero-order valence-corrected chi connectivity index (χ0v) is 21.4. The molecule has 9 heteroatoms. The topological polar surface area (TPSA) is 61.4 Å². The Morgan fingerprint density at radius 2 is 1.66 bits per heavy atom. The summed E-state index contributed by atoms with van der Waals surface area (Å²) < 4.78 is 42.6. The average Bonchev–Trinajstić information content (AvgIpc) is 3.46. The lowest BCUT2D eigenvalue weighted by molar-refractivity contribution is -0.140. The third-order valence-corrected chi connectivity index (χ3v) is 7.10. The van der Waals surface area contributed by atoms with E-state index in [1.54, 1.807) is 19.2 Å². The first-order chi connectivity index (χ1) is 18.2. The summed E-state index contributed by atoms with van der Waals surface area (Å²) in [6, 6.07) is 15.7. The van der Waals surface area contributed by atoms with Crippen LogP contribution in [0.5, 0.6) is 0 Å². The number of rotatable bonds is 5. The van der Waals surface area contributed by atoms with E-state index in [4.69, 9.17) is 15.1 Å². The van der Waals surface area contributed by atoms with Crippen molar-refractivity contribution in [1.82, 2.24) is 29.3 Å². The van der Waals surface area contributed by atoms with Gasteiger partial charge in [0.15, 0.2) is 17.2 Å². The Labute approximate surface area is 218 Å². The predicted molar refractivity (Wildman–Crippen MR) is 140 cm³/mol. The average molecular weight is 517 g/mol. The maximum absolute atomic E-state index is 13.1. The molecule has 1 aliphatic carbocycles. The number of alkyl halides is 3. The van der Waals surface area contributed by atoms with Crippen LogP contribution in [0.4, 0.5) is 13.2 Å². The molecule has 38 heavy (non-hydrogen) atoms. The SMILES string of the molecule is CC(C)c1ccccc1-c1nc2c3c(nn(Cc4ccc(-c5nc(C(F)(F)F)cn5C)cc4)c3n1)CCC2. The van der Waals surface area contributed by atoms with Gasteiger partial charge in [0, 0.05) is 24.4 Å². The van der Waals surface area contributed by atoms with Crippen molar-refractivity contribution in [2.45, 2.75) is 51.7 Å². The van der Waals surface area contributed by atoms with E-state index in [9.17, 15) is 13.2 Å². The summed E-state index contributed by atoms with van der Waals surface area (Å²) in [4.78, 5) is 13.8. The maximum Gasteiger partial charge on any atom is 0.434 e. The first-order valence-electron chi connectivity index (χ1n) is 12.7. The molecule has 0 unspecified atom stereocenters. The molecule has 5 aromatic rings. The van der Waals surface area contributed by atoms with E-state index in [0.29, 0.717) is 18.0 Å². The number of aryl methyl sites for hydroxylation is 3. The van der Waals surface area contributed by atoms with Gasteiger partial charge in [-0.3, -0.25) is 0 Å². The Morgan fingerprint density at radius 1 is 0.921 bits per heavy atom. The molecule has 1 aliphatic rings. The molecular weight excluding hydrogens is 489 g/mol. The minimum atomic E-state index is -4.48. The lowest BCUT2D eigenvalue weighted by atomic mass is 9.96. The normalized spacial score (nSPS) is 13.6. The summed E-state index contributed by atoms with van der Waals surface area (Å²) in [5, 5.41) is 5.95. The monoisotopic (exact) mass is 516 g/mol. The number of aromatic nitrogens is 6. The van der Waals surface area contributed by atoms with Crippen LogP contribution in [0, 0.1) is 0 Å². The first-order valence-corrected chi connectivity index (χ1v) is 12.7. The number of nitrogens with zero attached hydrogens (tertiary/aromatic N) is 6. The molecular formula is C29H27F3N6. The van der Waals surface area contributed by atoms with Gasteiger partial charge >= 0.3 is 6.18 Å². The molecule has 3 heterocycles. The number of halogens is 3. The molecule has 0 saturated carbocycles. The number of imidazole rings is 1. The first kappa shape index (κ1) is 24.3. The van der Waals surface area contributed by atoms with Crippen molar-refractivity contribution in [2.75, 3.05) is 0 Å². The van der Waals surface area contributed by atoms with Crippen molar-refractivity contribution in [3.8, 4) is 22.8 Å². The molecule has 2 aromatic carbocycles. The molecule has 0 fully saturated rings. The number of hydrogen-bond acceptors (Lipinski definition) is 4. The fourth-order valence-corrected chi connectivity index (χ4v) is 5.24. The largest absolute Gasteiger partial charge is 0.434 e. The van der Waals surface area contributed by atoms with E-state index in [2.05, 4.69) is 31.0 Å². The molecule has 0 radical (unpaired) electrons. The maximum atomic E-state index is 13.1. The molecule has 0 aliphatic heterocycles. The van der Waals surface area contributed by atoms with Crippen molar-refractivity contribution in [3.05, 3.63) is 82.9 Å². The van der Waals surface area contributed by atoms with E-state index in [-0.39, 0.29) is 5.82 Å². The van der Waals surface area contributed by atoms with Crippen molar-refractivity contribution < 1.29 is 13.2 Å². The van der Waals surface area contributed by atoms with Gasteiger partial charge in [-0.15, -0.1) is 0 Å². The fraction of sp³-hybridized carbons (Fsp3) is 0.310. The molecule has 194 valence electrons. The van der Waals surface area contributed by atoms with E-state index in [0.717, 1.165) is 64.8 Å². The third-order valence-electron chi connectivity index (χ3n) is 7.10. The molecule has 6 rings (SSSR count). The molecule has 0 N–H and O–H groups in total. The zero-order valence-electron chi connectivity index (χ0n) is 21.4. The highest BCUT2D eigenvalue weighted by Crippen LogP contribution is 2.33.